The minimum absolute atomic E-state index is 0.103. The van der Waals surface area contributed by atoms with Gasteiger partial charge in [0.05, 0.1) is 4.47 Å². The fourth-order valence-electron chi connectivity index (χ4n) is 1.21. The third kappa shape index (κ3) is 3.14. The summed E-state index contributed by atoms with van der Waals surface area (Å²) in [5.41, 5.74) is 0. The lowest BCUT2D eigenvalue weighted by Crippen LogP contribution is -2.14. The molecule has 2 N–H and O–H groups in total. The van der Waals surface area contributed by atoms with Crippen LogP contribution in [0, 0.1) is 0 Å². The number of hydrogen-bond donors (Lipinski definition) is 2. The van der Waals surface area contributed by atoms with E-state index in [1.54, 1.807) is 0 Å². The van der Waals surface area contributed by atoms with Gasteiger partial charge < -0.3 is 5.11 Å². The maximum atomic E-state index is 12.1. The van der Waals surface area contributed by atoms with Crippen molar-refractivity contribution in [1.29, 1.82) is 0 Å². The van der Waals surface area contributed by atoms with E-state index in [9.17, 15) is 13.5 Å². The van der Waals surface area contributed by atoms with E-state index in [-0.39, 0.29) is 21.6 Å². The fourth-order valence-corrected chi connectivity index (χ4v) is 2.81. The molecule has 6 nitrogen and oxygen atoms in total. The first kappa shape index (κ1) is 14.0. The van der Waals surface area contributed by atoms with Crippen molar-refractivity contribution in [2.45, 2.75) is 4.90 Å². The molecule has 0 spiro atoms. The monoisotopic (exact) mass is 363 g/mol. The zero-order chi connectivity index (χ0) is 14.0. The Kier molecular flexibility index (Phi) is 3.93. The molecule has 0 radical (unpaired) electrons. The van der Waals surface area contributed by atoms with Crippen LogP contribution in [-0.2, 0) is 10.0 Å². The number of nitrogens with one attached hydrogen (secondary N) is 1. The van der Waals surface area contributed by atoms with Gasteiger partial charge in [0, 0.05) is 12.4 Å². The van der Waals surface area contributed by atoms with Crippen LogP contribution in [0.4, 0.5) is 5.82 Å². The summed E-state index contributed by atoms with van der Waals surface area (Å²) in [6, 6.07) is 4.10. The maximum Gasteiger partial charge on any atom is 0.264 e. The molecule has 0 fully saturated rings. The van der Waals surface area contributed by atoms with E-state index in [4.69, 9.17) is 11.6 Å². The number of anilines is 1. The van der Waals surface area contributed by atoms with E-state index < -0.39 is 10.0 Å². The fraction of sp³-hybridized carbons (Fsp3) is 0. The second kappa shape index (κ2) is 5.32. The maximum absolute atomic E-state index is 12.1. The Morgan fingerprint density at radius 3 is 2.74 bits per heavy atom. The Bertz CT molecular complexity index is 724. The van der Waals surface area contributed by atoms with Crippen molar-refractivity contribution >= 4 is 43.4 Å². The molecule has 0 saturated heterocycles. The van der Waals surface area contributed by atoms with Crippen LogP contribution in [0.15, 0.2) is 40.0 Å². The molecule has 2 aromatic rings. The van der Waals surface area contributed by atoms with Gasteiger partial charge in [-0.25, -0.2) is 18.4 Å². The summed E-state index contributed by atoms with van der Waals surface area (Å²) in [4.78, 5) is 7.35. The quantitative estimate of drug-likeness (QED) is 0.816. The van der Waals surface area contributed by atoms with Crippen LogP contribution in [0.2, 0.25) is 5.15 Å². The van der Waals surface area contributed by atoms with E-state index in [0.717, 1.165) is 6.20 Å². The Labute approximate surface area is 122 Å². The first-order chi connectivity index (χ1) is 8.90. The van der Waals surface area contributed by atoms with Crippen molar-refractivity contribution < 1.29 is 13.5 Å². The van der Waals surface area contributed by atoms with Gasteiger partial charge in [-0.15, -0.1) is 0 Å². The topological polar surface area (TPSA) is 92.2 Å². The van der Waals surface area contributed by atoms with Crippen molar-refractivity contribution in [3.63, 3.8) is 0 Å². The lowest BCUT2D eigenvalue weighted by molar-refractivity contribution is 0.475. The van der Waals surface area contributed by atoms with Crippen molar-refractivity contribution in [3.05, 3.63) is 40.2 Å². The van der Waals surface area contributed by atoms with Crippen molar-refractivity contribution in [1.82, 2.24) is 9.97 Å². The standard InChI is InChI=1S/C10H7BrClN3O3S/c11-7-4-6(5-14-9(7)12)19(17,18)15-10-8(16)2-1-3-13-10/h1-5,16H,(H,13,15). The van der Waals surface area contributed by atoms with E-state index >= 15 is 0 Å². The highest BCUT2D eigenvalue weighted by Crippen LogP contribution is 2.26. The molecule has 2 heterocycles. The number of pyridine rings is 2. The van der Waals surface area contributed by atoms with Gasteiger partial charge in [0.2, 0.25) is 0 Å². The third-order valence-electron chi connectivity index (χ3n) is 2.10. The van der Waals surface area contributed by atoms with Gasteiger partial charge in [-0.2, -0.15) is 0 Å². The highest BCUT2D eigenvalue weighted by atomic mass is 79.9. The molecule has 0 aliphatic rings. The van der Waals surface area contributed by atoms with Crippen LogP contribution in [0.3, 0.4) is 0 Å². The van der Waals surface area contributed by atoms with Crippen molar-refractivity contribution in [2.24, 2.45) is 0 Å². The number of halogens is 2. The smallest absolute Gasteiger partial charge is 0.264 e. The molecule has 0 atom stereocenters. The lowest BCUT2D eigenvalue weighted by atomic mass is 10.4. The summed E-state index contributed by atoms with van der Waals surface area (Å²) in [7, 11) is -3.90. The van der Waals surface area contributed by atoms with Gasteiger partial charge in [-0.05, 0) is 34.1 Å². The molecular formula is C10H7BrClN3O3S. The number of rotatable bonds is 3. The number of hydrogen-bond acceptors (Lipinski definition) is 5. The van der Waals surface area contributed by atoms with Crippen LogP contribution in [-0.4, -0.2) is 23.5 Å². The summed E-state index contributed by atoms with van der Waals surface area (Å²) in [5.74, 6) is -0.430. The van der Waals surface area contributed by atoms with Gasteiger partial charge in [0.15, 0.2) is 11.6 Å². The second-order valence-electron chi connectivity index (χ2n) is 3.42. The summed E-state index contributed by atoms with van der Waals surface area (Å²) in [5, 5.41) is 9.64. The Morgan fingerprint density at radius 1 is 1.37 bits per heavy atom. The average Bonchev–Trinajstić information content (AvgIpc) is 2.35. The van der Waals surface area contributed by atoms with Gasteiger partial charge in [0.25, 0.3) is 10.0 Å². The molecule has 0 aromatic carbocycles. The zero-order valence-electron chi connectivity index (χ0n) is 9.21. The van der Waals surface area contributed by atoms with Gasteiger partial charge >= 0.3 is 0 Å². The van der Waals surface area contributed by atoms with Gasteiger partial charge in [-0.1, -0.05) is 11.6 Å². The van der Waals surface area contributed by atoms with E-state index in [0.29, 0.717) is 4.47 Å². The highest BCUT2D eigenvalue weighted by molar-refractivity contribution is 9.10. The van der Waals surface area contributed by atoms with Crippen molar-refractivity contribution in [3.8, 4) is 5.75 Å². The first-order valence-corrected chi connectivity index (χ1v) is 7.53. The molecular weight excluding hydrogens is 358 g/mol. The molecule has 19 heavy (non-hydrogen) atoms. The minimum atomic E-state index is -3.90. The lowest BCUT2D eigenvalue weighted by Gasteiger charge is -2.08. The predicted octanol–water partition coefficient (Wildman–Crippen LogP) is 2.40. The van der Waals surface area contributed by atoms with Crippen LogP contribution in [0.1, 0.15) is 0 Å². The van der Waals surface area contributed by atoms with Crippen LogP contribution in [0.5, 0.6) is 5.75 Å². The number of aromatic nitrogens is 2. The normalized spacial score (nSPS) is 11.3. The van der Waals surface area contributed by atoms with E-state index in [1.165, 1.54) is 24.4 Å². The summed E-state index contributed by atoms with van der Waals surface area (Å²) < 4.78 is 26.6. The van der Waals surface area contributed by atoms with Gasteiger partial charge in [0.1, 0.15) is 10.0 Å². The second-order valence-corrected chi connectivity index (χ2v) is 6.32. The van der Waals surface area contributed by atoms with Crippen LogP contribution < -0.4 is 4.72 Å². The first-order valence-electron chi connectivity index (χ1n) is 4.88. The molecule has 0 amide bonds. The van der Waals surface area contributed by atoms with E-state index in [1.807, 2.05) is 0 Å². The molecule has 2 aromatic heterocycles. The Morgan fingerprint density at radius 2 is 2.11 bits per heavy atom. The molecule has 0 saturated carbocycles. The number of aromatic hydroxyl groups is 1. The van der Waals surface area contributed by atoms with Crippen LogP contribution >= 0.6 is 27.5 Å². The summed E-state index contributed by atoms with van der Waals surface area (Å²) in [6.07, 6.45) is 2.46. The largest absolute Gasteiger partial charge is 0.504 e. The van der Waals surface area contributed by atoms with Crippen LogP contribution in [0.25, 0.3) is 0 Å². The van der Waals surface area contributed by atoms with Gasteiger partial charge in [-0.3, -0.25) is 4.72 Å². The van der Waals surface area contributed by atoms with Crippen molar-refractivity contribution in [2.75, 3.05) is 4.72 Å². The third-order valence-corrected chi connectivity index (χ3v) is 4.54. The van der Waals surface area contributed by atoms with E-state index in [2.05, 4.69) is 30.6 Å². The Hall–Kier alpha value is -1.38. The number of nitrogens with zero attached hydrogens (tertiary/aromatic N) is 2. The average molecular weight is 365 g/mol. The summed E-state index contributed by atoms with van der Waals surface area (Å²) in [6.45, 7) is 0. The predicted molar refractivity (Wildman–Crippen MR) is 73.7 cm³/mol. The number of sulfonamides is 1. The molecule has 100 valence electrons. The Balaban J connectivity index is 2.38. The molecule has 0 aliphatic carbocycles. The SMILES string of the molecule is O=S(=O)(Nc1ncccc1O)c1cnc(Cl)c(Br)c1. The molecule has 0 aliphatic heterocycles. The molecule has 2 rings (SSSR count). The zero-order valence-corrected chi connectivity index (χ0v) is 12.4. The molecule has 9 heteroatoms. The molecule has 0 unspecified atom stereocenters. The molecule has 0 bridgehead atoms. The highest BCUT2D eigenvalue weighted by Gasteiger charge is 2.18. The summed E-state index contributed by atoms with van der Waals surface area (Å²) >= 11 is 8.78. The minimum Gasteiger partial charge on any atom is -0.504 e.